The number of carbonyl (C=O) groups excluding carboxylic acids is 1. The van der Waals surface area contributed by atoms with Gasteiger partial charge in [-0.1, -0.05) is 17.7 Å². The molecule has 0 atom stereocenters. The highest BCUT2D eigenvalue weighted by Crippen LogP contribution is 2.34. The molecule has 0 aliphatic heterocycles. The smallest absolute Gasteiger partial charge is 0.317 e. The van der Waals surface area contributed by atoms with E-state index in [1.165, 1.54) is 6.07 Å². The van der Waals surface area contributed by atoms with Gasteiger partial charge in [-0.25, -0.2) is 4.39 Å². The van der Waals surface area contributed by atoms with Crippen LogP contribution in [0.5, 0.6) is 0 Å². The van der Waals surface area contributed by atoms with Gasteiger partial charge < -0.3 is 10.4 Å². The van der Waals surface area contributed by atoms with E-state index in [1.807, 2.05) is 4.90 Å². The van der Waals surface area contributed by atoms with Crippen LogP contribution in [-0.4, -0.2) is 47.1 Å². The molecule has 136 valence electrons. The highest BCUT2D eigenvalue weighted by molar-refractivity contribution is 6.31. The Kier molecular flexibility index (Phi) is 5.29. The SMILES string of the molecule is Cc1ccc(C(=O)NC2CC(N(CC(=O)O)CC3CC3)C2)c(F)c1Cl. The van der Waals surface area contributed by atoms with Crippen molar-refractivity contribution in [1.82, 2.24) is 10.2 Å². The molecule has 25 heavy (non-hydrogen) atoms. The molecule has 0 saturated heterocycles. The summed E-state index contributed by atoms with van der Waals surface area (Å²) in [5.41, 5.74) is 0.531. The molecule has 0 unspecified atom stereocenters. The number of aryl methyl sites for hydroxylation is 1. The Morgan fingerprint density at radius 3 is 2.64 bits per heavy atom. The molecule has 2 aliphatic rings. The zero-order valence-electron chi connectivity index (χ0n) is 14.1. The standard InChI is InChI=1S/C18H22ClFN2O3/c1-10-2-5-14(17(20)16(10)19)18(25)21-12-6-13(7-12)22(9-15(23)24)8-11-3-4-11/h2,5,11-13H,3-4,6-9H2,1H3,(H,21,25)(H,23,24). The van der Waals surface area contributed by atoms with Crippen LogP contribution < -0.4 is 5.32 Å². The number of carboxylic acid groups (broad SMARTS) is 1. The van der Waals surface area contributed by atoms with Gasteiger partial charge >= 0.3 is 5.97 Å². The Bertz CT molecular complexity index is 687. The number of benzene rings is 1. The summed E-state index contributed by atoms with van der Waals surface area (Å²) in [5.74, 6) is -1.40. The molecule has 0 bridgehead atoms. The van der Waals surface area contributed by atoms with Gasteiger partial charge in [0.1, 0.15) is 0 Å². The maximum absolute atomic E-state index is 14.1. The monoisotopic (exact) mass is 368 g/mol. The van der Waals surface area contributed by atoms with Crippen molar-refractivity contribution in [3.8, 4) is 0 Å². The van der Waals surface area contributed by atoms with Gasteiger partial charge in [0.2, 0.25) is 0 Å². The molecule has 3 rings (SSSR count). The number of nitrogens with one attached hydrogen (secondary N) is 1. The third-order valence-corrected chi connectivity index (χ3v) is 5.48. The van der Waals surface area contributed by atoms with Gasteiger partial charge in [0.05, 0.1) is 17.1 Å². The summed E-state index contributed by atoms with van der Waals surface area (Å²) in [6.45, 7) is 2.52. The van der Waals surface area contributed by atoms with Crippen molar-refractivity contribution in [3.63, 3.8) is 0 Å². The van der Waals surface area contributed by atoms with E-state index < -0.39 is 17.7 Å². The molecule has 2 N–H and O–H groups in total. The number of hydrogen-bond donors (Lipinski definition) is 2. The molecule has 7 heteroatoms. The summed E-state index contributed by atoms with van der Waals surface area (Å²) in [6.07, 6.45) is 3.70. The first-order valence-electron chi connectivity index (χ1n) is 8.56. The van der Waals surface area contributed by atoms with Crippen molar-refractivity contribution in [3.05, 3.63) is 34.1 Å². The van der Waals surface area contributed by atoms with Crippen LogP contribution >= 0.6 is 11.6 Å². The van der Waals surface area contributed by atoms with Crippen LogP contribution in [0.1, 0.15) is 41.6 Å². The lowest BCUT2D eigenvalue weighted by atomic mass is 9.85. The fourth-order valence-corrected chi connectivity index (χ4v) is 3.40. The predicted molar refractivity (Wildman–Crippen MR) is 92.4 cm³/mol. The number of hydrogen-bond acceptors (Lipinski definition) is 3. The number of amides is 1. The number of halogens is 2. The van der Waals surface area contributed by atoms with Crippen molar-refractivity contribution in [2.24, 2.45) is 5.92 Å². The first kappa shape index (κ1) is 18.1. The van der Waals surface area contributed by atoms with E-state index in [0.717, 1.165) is 19.4 Å². The lowest BCUT2D eigenvalue weighted by molar-refractivity contribution is -0.139. The fourth-order valence-electron chi connectivity index (χ4n) is 3.24. The lowest BCUT2D eigenvalue weighted by Gasteiger charge is -2.42. The second-order valence-corrected chi connectivity index (χ2v) is 7.50. The van der Waals surface area contributed by atoms with Crippen LogP contribution in [0.2, 0.25) is 5.02 Å². The molecular weight excluding hydrogens is 347 g/mol. The molecule has 2 saturated carbocycles. The number of carboxylic acids is 1. The molecule has 0 heterocycles. The van der Waals surface area contributed by atoms with Gasteiger partial charge in [0.25, 0.3) is 5.91 Å². The normalized spacial score (nSPS) is 22.6. The predicted octanol–water partition coefficient (Wildman–Crippen LogP) is 2.84. The summed E-state index contributed by atoms with van der Waals surface area (Å²) in [6, 6.07) is 3.15. The summed E-state index contributed by atoms with van der Waals surface area (Å²) in [7, 11) is 0. The third kappa shape index (κ3) is 4.30. The van der Waals surface area contributed by atoms with Crippen molar-refractivity contribution < 1.29 is 19.1 Å². The first-order valence-corrected chi connectivity index (χ1v) is 8.94. The summed E-state index contributed by atoms with van der Waals surface area (Å²) < 4.78 is 14.1. The molecule has 2 aliphatic carbocycles. The van der Waals surface area contributed by atoms with E-state index in [2.05, 4.69) is 5.32 Å². The van der Waals surface area contributed by atoms with Gasteiger partial charge in [-0.2, -0.15) is 0 Å². The van der Waals surface area contributed by atoms with Crippen molar-refractivity contribution in [2.75, 3.05) is 13.1 Å². The van der Waals surface area contributed by atoms with Gasteiger partial charge in [0, 0.05) is 18.6 Å². The average Bonchev–Trinajstić information content (AvgIpc) is 3.31. The van der Waals surface area contributed by atoms with E-state index >= 15 is 0 Å². The van der Waals surface area contributed by atoms with Gasteiger partial charge in [-0.15, -0.1) is 0 Å². The molecule has 0 radical (unpaired) electrons. The Hall–Kier alpha value is -1.66. The first-order chi connectivity index (χ1) is 11.8. The molecule has 1 aromatic carbocycles. The average molecular weight is 369 g/mol. The zero-order valence-corrected chi connectivity index (χ0v) is 14.9. The van der Waals surface area contributed by atoms with Crippen LogP contribution in [0.3, 0.4) is 0 Å². The topological polar surface area (TPSA) is 69.6 Å². The van der Waals surface area contributed by atoms with E-state index in [4.69, 9.17) is 16.7 Å². The Labute approximate surface area is 151 Å². The van der Waals surface area contributed by atoms with Gasteiger partial charge in [-0.05, 0) is 50.2 Å². The second kappa shape index (κ2) is 7.30. The van der Waals surface area contributed by atoms with Crippen molar-refractivity contribution in [2.45, 2.75) is 44.7 Å². The van der Waals surface area contributed by atoms with Crippen LogP contribution in [-0.2, 0) is 4.79 Å². The number of aliphatic carboxylic acids is 1. The van der Waals surface area contributed by atoms with E-state index in [1.54, 1.807) is 13.0 Å². The van der Waals surface area contributed by atoms with Crippen LogP contribution in [0, 0.1) is 18.7 Å². The lowest BCUT2D eigenvalue weighted by Crippen LogP contribution is -2.55. The quantitative estimate of drug-likeness (QED) is 0.776. The zero-order chi connectivity index (χ0) is 18.1. The van der Waals surface area contributed by atoms with Crippen LogP contribution in [0.25, 0.3) is 0 Å². The van der Waals surface area contributed by atoms with Gasteiger partial charge in [-0.3, -0.25) is 14.5 Å². The molecule has 2 fully saturated rings. The van der Waals surface area contributed by atoms with Crippen LogP contribution in [0.15, 0.2) is 12.1 Å². The van der Waals surface area contributed by atoms with Crippen molar-refractivity contribution in [1.29, 1.82) is 0 Å². The highest BCUT2D eigenvalue weighted by Gasteiger charge is 2.38. The maximum atomic E-state index is 14.1. The molecular formula is C18H22ClFN2O3. The van der Waals surface area contributed by atoms with Gasteiger partial charge in [0.15, 0.2) is 5.82 Å². The number of nitrogens with zero attached hydrogens (tertiary/aromatic N) is 1. The minimum absolute atomic E-state index is 0.0313. The van der Waals surface area contributed by atoms with E-state index in [0.29, 0.717) is 24.3 Å². The fraction of sp³-hybridized carbons (Fsp3) is 0.556. The summed E-state index contributed by atoms with van der Waals surface area (Å²) in [5, 5.41) is 11.8. The third-order valence-electron chi connectivity index (χ3n) is 5.01. The highest BCUT2D eigenvalue weighted by atomic mass is 35.5. The molecule has 0 aromatic heterocycles. The Morgan fingerprint density at radius 1 is 1.36 bits per heavy atom. The van der Waals surface area contributed by atoms with Crippen LogP contribution in [0.4, 0.5) is 4.39 Å². The maximum Gasteiger partial charge on any atom is 0.317 e. The van der Waals surface area contributed by atoms with E-state index in [-0.39, 0.29) is 29.2 Å². The summed E-state index contributed by atoms with van der Waals surface area (Å²) in [4.78, 5) is 25.3. The minimum Gasteiger partial charge on any atom is -0.480 e. The molecule has 1 aromatic rings. The molecule has 1 amide bonds. The number of carbonyl (C=O) groups is 2. The molecule has 0 spiro atoms. The van der Waals surface area contributed by atoms with Crippen molar-refractivity contribution >= 4 is 23.5 Å². The number of rotatable bonds is 7. The Morgan fingerprint density at radius 2 is 2.04 bits per heavy atom. The molecule has 5 nitrogen and oxygen atoms in total. The Balaban J connectivity index is 1.54. The minimum atomic E-state index is -0.829. The summed E-state index contributed by atoms with van der Waals surface area (Å²) >= 11 is 5.86. The van der Waals surface area contributed by atoms with E-state index in [9.17, 15) is 14.0 Å². The second-order valence-electron chi connectivity index (χ2n) is 7.12. The largest absolute Gasteiger partial charge is 0.480 e.